The molecule has 3 atom stereocenters. The Morgan fingerprint density at radius 1 is 0.607 bits per heavy atom. The van der Waals surface area contributed by atoms with Crippen LogP contribution in [-0.4, -0.2) is 96.2 Å². The van der Waals surface area contributed by atoms with Crippen molar-refractivity contribution in [2.45, 2.75) is 181 Å². The van der Waals surface area contributed by atoms with Crippen LogP contribution in [0.15, 0.2) is 0 Å². The molecule has 0 aliphatic heterocycles. The highest BCUT2D eigenvalue weighted by Gasteiger charge is 2.32. The van der Waals surface area contributed by atoms with Gasteiger partial charge in [-0.05, 0) is 145 Å². The van der Waals surface area contributed by atoms with Gasteiger partial charge < -0.3 is 46.5 Å². The summed E-state index contributed by atoms with van der Waals surface area (Å²) in [5.41, 5.74) is 3.37. The van der Waals surface area contributed by atoms with Crippen LogP contribution in [0.2, 0.25) is 0 Å². The van der Waals surface area contributed by atoms with Gasteiger partial charge in [0.1, 0.15) is 34.9 Å². The largest absolute Gasteiger partial charge is 0.460 e. The predicted octanol–water partition coefficient (Wildman–Crippen LogP) is 3.67. The summed E-state index contributed by atoms with van der Waals surface area (Å²) in [5, 5.41) is 13.8. The highest BCUT2D eigenvalue weighted by molar-refractivity contribution is 5.89. The molecule has 0 spiro atoms. The lowest BCUT2D eigenvalue weighted by atomic mass is 9.81. The summed E-state index contributed by atoms with van der Waals surface area (Å²) in [7, 11) is 0. The molecule has 1 aliphatic carbocycles. The number of amides is 5. The molecular formula is C40H72N6O10. The molecule has 0 heterocycles. The van der Waals surface area contributed by atoms with Crippen LogP contribution in [0, 0.1) is 11.8 Å². The number of nitrogens with two attached hydrogens (primary N) is 1. The molecule has 0 unspecified atom stereocenters. The minimum Gasteiger partial charge on any atom is -0.460 e. The molecule has 1 aliphatic rings. The molecule has 16 heteroatoms. The molecule has 7 N–H and O–H groups in total. The summed E-state index contributed by atoms with van der Waals surface area (Å²) in [4.78, 5) is 89.6. The Kier molecular flexibility index (Phi) is 21.4. The van der Waals surface area contributed by atoms with Crippen molar-refractivity contribution >= 4 is 41.7 Å². The minimum absolute atomic E-state index is 0.0970. The Morgan fingerprint density at radius 2 is 1.07 bits per heavy atom. The molecule has 0 saturated heterocycles. The number of carbonyl (C=O) groups excluding carboxylic acids is 7. The number of rotatable bonds is 21. The van der Waals surface area contributed by atoms with Crippen LogP contribution in [0.1, 0.15) is 146 Å². The Morgan fingerprint density at radius 3 is 1.54 bits per heavy atom. The molecule has 5 amide bonds. The lowest BCUT2D eigenvalue weighted by Gasteiger charge is -2.28. The zero-order chi connectivity index (χ0) is 42.7. The van der Waals surface area contributed by atoms with E-state index in [9.17, 15) is 33.6 Å². The maximum atomic E-state index is 13.3. The Labute approximate surface area is 334 Å². The summed E-state index contributed by atoms with van der Waals surface area (Å²) in [6.45, 7) is 18.1. The van der Waals surface area contributed by atoms with Crippen molar-refractivity contribution in [1.82, 2.24) is 26.6 Å². The van der Waals surface area contributed by atoms with Crippen LogP contribution >= 0.6 is 0 Å². The van der Waals surface area contributed by atoms with Crippen LogP contribution in [-0.2, 0) is 43.0 Å². The molecule has 1 fully saturated rings. The van der Waals surface area contributed by atoms with Crippen LogP contribution < -0.4 is 32.3 Å². The summed E-state index contributed by atoms with van der Waals surface area (Å²) < 4.78 is 16.4. The zero-order valence-electron chi connectivity index (χ0n) is 35.7. The summed E-state index contributed by atoms with van der Waals surface area (Å²) >= 11 is 0. The highest BCUT2D eigenvalue weighted by atomic mass is 16.6. The third-order valence-electron chi connectivity index (χ3n) is 8.75. The van der Waals surface area contributed by atoms with Crippen molar-refractivity contribution in [3.63, 3.8) is 0 Å². The fourth-order valence-electron chi connectivity index (χ4n) is 6.02. The number of nitrogens with one attached hydrogen (secondary N) is 5. The van der Waals surface area contributed by atoms with Crippen molar-refractivity contribution in [3.05, 3.63) is 0 Å². The van der Waals surface area contributed by atoms with Crippen molar-refractivity contribution in [3.8, 4) is 0 Å². The van der Waals surface area contributed by atoms with E-state index in [0.717, 1.165) is 25.7 Å². The van der Waals surface area contributed by atoms with E-state index in [1.807, 2.05) is 0 Å². The normalized spacial score (nSPS) is 17.6. The minimum atomic E-state index is -1.21. The topological polar surface area (TPSA) is 233 Å². The lowest BCUT2D eigenvalue weighted by molar-refractivity contribution is -0.159. The number of urea groups is 1. The monoisotopic (exact) mass is 797 g/mol. The molecule has 0 bridgehead atoms. The van der Waals surface area contributed by atoms with Gasteiger partial charge in [0.25, 0.3) is 0 Å². The van der Waals surface area contributed by atoms with Gasteiger partial charge in [0.15, 0.2) is 0 Å². The van der Waals surface area contributed by atoms with Gasteiger partial charge in [-0.15, -0.1) is 0 Å². The molecule has 322 valence electrons. The maximum absolute atomic E-state index is 13.3. The van der Waals surface area contributed by atoms with E-state index < -0.39 is 58.9 Å². The van der Waals surface area contributed by atoms with Crippen LogP contribution in [0.4, 0.5) is 4.79 Å². The van der Waals surface area contributed by atoms with Crippen molar-refractivity contribution in [2.24, 2.45) is 17.6 Å². The first-order chi connectivity index (χ1) is 25.9. The van der Waals surface area contributed by atoms with Gasteiger partial charge in [-0.25, -0.2) is 14.4 Å². The Bertz CT molecular complexity index is 1300. The van der Waals surface area contributed by atoms with Gasteiger partial charge in [-0.3, -0.25) is 19.2 Å². The number of esters is 3. The number of hydrogen-bond donors (Lipinski definition) is 6. The Balaban J connectivity index is 2.91. The molecule has 16 nitrogen and oxygen atoms in total. The quantitative estimate of drug-likeness (QED) is 0.0557. The van der Waals surface area contributed by atoms with Gasteiger partial charge in [0.05, 0.1) is 0 Å². The highest BCUT2D eigenvalue weighted by Crippen LogP contribution is 2.28. The van der Waals surface area contributed by atoms with E-state index in [-0.39, 0.29) is 49.4 Å². The Hall–Kier alpha value is -3.95. The molecule has 0 radical (unpaired) electrons. The van der Waals surface area contributed by atoms with E-state index in [4.69, 9.17) is 19.9 Å². The van der Waals surface area contributed by atoms with Crippen LogP contribution in [0.3, 0.4) is 0 Å². The van der Waals surface area contributed by atoms with Gasteiger partial charge in [0.2, 0.25) is 17.7 Å². The summed E-state index contributed by atoms with van der Waals surface area (Å²) in [5.74, 6) is -2.34. The molecule has 0 aromatic heterocycles. The van der Waals surface area contributed by atoms with Gasteiger partial charge in [-0.2, -0.15) is 0 Å². The maximum Gasteiger partial charge on any atom is 0.329 e. The van der Waals surface area contributed by atoms with Crippen LogP contribution in [0.5, 0.6) is 0 Å². The first kappa shape index (κ1) is 50.1. The van der Waals surface area contributed by atoms with E-state index >= 15 is 0 Å². The lowest BCUT2D eigenvalue weighted by Crippen LogP contribution is -2.53. The molecular weight excluding hydrogens is 724 g/mol. The SMILES string of the molecule is CC(=O)NCCCC[C@H](NC(=O)C1CCC(CN)CC1)C(=O)NCCCC[C@H](NC(=O)N[C@@H](CCC(=O)OC(C)(C)C)C(=O)OC(C)(C)C)C(=O)OC(C)(C)C. The zero-order valence-corrected chi connectivity index (χ0v) is 35.7. The van der Waals surface area contributed by atoms with Crippen molar-refractivity contribution < 1.29 is 47.8 Å². The van der Waals surface area contributed by atoms with Gasteiger partial charge in [-0.1, -0.05) is 0 Å². The number of unbranched alkanes of at least 4 members (excludes halogenated alkanes) is 2. The van der Waals surface area contributed by atoms with Crippen LogP contribution in [0.25, 0.3) is 0 Å². The molecule has 0 aromatic carbocycles. The molecule has 1 saturated carbocycles. The second kappa shape index (κ2) is 24.0. The third kappa shape index (κ3) is 23.2. The predicted molar refractivity (Wildman–Crippen MR) is 212 cm³/mol. The van der Waals surface area contributed by atoms with E-state index in [0.29, 0.717) is 51.1 Å². The van der Waals surface area contributed by atoms with Crippen molar-refractivity contribution in [2.75, 3.05) is 19.6 Å². The fourth-order valence-corrected chi connectivity index (χ4v) is 6.02. The average Bonchev–Trinajstić information content (AvgIpc) is 3.06. The van der Waals surface area contributed by atoms with E-state index in [1.54, 1.807) is 62.3 Å². The first-order valence-electron chi connectivity index (χ1n) is 20.2. The smallest absolute Gasteiger partial charge is 0.329 e. The second-order valence-electron chi connectivity index (χ2n) is 17.7. The average molecular weight is 797 g/mol. The summed E-state index contributed by atoms with van der Waals surface area (Å²) in [6, 6.07) is -3.89. The number of ether oxygens (including phenoxy) is 3. The second-order valence-corrected chi connectivity index (χ2v) is 17.7. The van der Waals surface area contributed by atoms with E-state index in [2.05, 4.69) is 26.6 Å². The van der Waals surface area contributed by atoms with Crippen molar-refractivity contribution in [1.29, 1.82) is 0 Å². The molecule has 1 rings (SSSR count). The molecule has 56 heavy (non-hydrogen) atoms. The first-order valence-corrected chi connectivity index (χ1v) is 20.2. The van der Waals surface area contributed by atoms with E-state index in [1.165, 1.54) is 6.92 Å². The standard InChI is InChI=1S/C40H72N6O10/c1-26(47)42-23-13-11-15-29(44-33(49)28-19-17-27(25-41)18-20-28)34(50)43-24-14-12-16-30(35(51)55-39(5,6)7)45-37(53)46-31(36(52)56-40(8,9)10)21-22-32(48)54-38(2,3)4/h27-31H,11-25,41H2,1-10H3,(H,42,47)(H,43,50)(H,44,49)(H2,45,46,53)/t27?,28?,29-,30-,31-/m0/s1. The molecule has 0 aromatic rings. The van der Waals surface area contributed by atoms with Gasteiger partial charge in [0, 0.05) is 32.4 Å². The number of hydrogen-bond acceptors (Lipinski definition) is 11. The number of carbonyl (C=O) groups is 7. The van der Waals surface area contributed by atoms with Gasteiger partial charge >= 0.3 is 23.9 Å². The fraction of sp³-hybridized carbons (Fsp3) is 0.825. The third-order valence-corrected chi connectivity index (χ3v) is 8.75. The summed E-state index contributed by atoms with van der Waals surface area (Å²) in [6.07, 6.45) is 5.59.